The van der Waals surface area contributed by atoms with Gasteiger partial charge >= 0.3 is 5.97 Å². The maximum atomic E-state index is 11.6. The van der Waals surface area contributed by atoms with Crippen molar-refractivity contribution in [1.29, 1.82) is 0 Å². The molecule has 0 heterocycles. The number of unbranched alkanes of at least 4 members (excludes halogenated alkanes) is 4. The molecule has 16 heavy (non-hydrogen) atoms. The van der Waals surface area contributed by atoms with E-state index in [9.17, 15) is 4.79 Å². The molecule has 0 amide bonds. The largest absolute Gasteiger partial charge is 0.465 e. The molecule has 1 unspecified atom stereocenters. The van der Waals surface area contributed by atoms with E-state index in [0.29, 0.717) is 13.2 Å². The lowest BCUT2D eigenvalue weighted by Gasteiger charge is -2.12. The third-order valence-electron chi connectivity index (χ3n) is 2.75. The third-order valence-corrected chi connectivity index (χ3v) is 2.75. The molecular formula is C13H27NO2. The number of hydrogen-bond acceptors (Lipinski definition) is 3. The average Bonchev–Trinajstić information content (AvgIpc) is 2.30. The van der Waals surface area contributed by atoms with Crippen molar-refractivity contribution >= 4 is 5.97 Å². The molecule has 0 rings (SSSR count). The highest BCUT2D eigenvalue weighted by atomic mass is 16.5. The van der Waals surface area contributed by atoms with E-state index in [1.54, 1.807) is 0 Å². The van der Waals surface area contributed by atoms with E-state index in [4.69, 9.17) is 10.5 Å². The SMILES string of the molecule is CCCCCCCOC(=O)C(CN)CCC. The van der Waals surface area contributed by atoms with Crippen LogP contribution in [-0.4, -0.2) is 19.1 Å². The van der Waals surface area contributed by atoms with Crippen molar-refractivity contribution in [3.05, 3.63) is 0 Å². The van der Waals surface area contributed by atoms with E-state index < -0.39 is 0 Å². The lowest BCUT2D eigenvalue weighted by atomic mass is 10.0. The number of carbonyl (C=O) groups is 1. The minimum absolute atomic E-state index is 0.0966. The van der Waals surface area contributed by atoms with E-state index in [1.807, 2.05) is 0 Å². The molecule has 3 nitrogen and oxygen atoms in total. The van der Waals surface area contributed by atoms with Gasteiger partial charge in [0.1, 0.15) is 0 Å². The van der Waals surface area contributed by atoms with E-state index in [1.165, 1.54) is 19.3 Å². The number of nitrogens with two attached hydrogens (primary N) is 1. The molecule has 0 bridgehead atoms. The van der Waals surface area contributed by atoms with E-state index >= 15 is 0 Å². The summed E-state index contributed by atoms with van der Waals surface area (Å²) in [5, 5.41) is 0. The fraction of sp³-hybridized carbons (Fsp3) is 0.923. The summed E-state index contributed by atoms with van der Waals surface area (Å²) < 4.78 is 5.21. The molecule has 0 radical (unpaired) electrons. The zero-order valence-corrected chi connectivity index (χ0v) is 10.8. The van der Waals surface area contributed by atoms with Crippen molar-refractivity contribution in [2.45, 2.75) is 58.8 Å². The van der Waals surface area contributed by atoms with E-state index in [0.717, 1.165) is 25.7 Å². The van der Waals surface area contributed by atoms with Gasteiger partial charge in [-0.3, -0.25) is 4.79 Å². The molecule has 0 aromatic rings. The van der Waals surface area contributed by atoms with Crippen LogP contribution >= 0.6 is 0 Å². The highest BCUT2D eigenvalue weighted by Crippen LogP contribution is 2.08. The van der Waals surface area contributed by atoms with Gasteiger partial charge in [0.05, 0.1) is 12.5 Å². The Morgan fingerprint density at radius 1 is 1.12 bits per heavy atom. The molecule has 0 aromatic heterocycles. The molecule has 0 fully saturated rings. The quantitative estimate of drug-likeness (QED) is 0.463. The Balaban J connectivity index is 3.47. The molecule has 2 N–H and O–H groups in total. The topological polar surface area (TPSA) is 52.3 Å². The van der Waals surface area contributed by atoms with Gasteiger partial charge in [-0.1, -0.05) is 46.0 Å². The van der Waals surface area contributed by atoms with Gasteiger partial charge in [0, 0.05) is 6.54 Å². The second-order valence-corrected chi connectivity index (χ2v) is 4.30. The Labute approximate surface area is 99.7 Å². The molecule has 0 saturated carbocycles. The first-order chi connectivity index (χ1) is 7.76. The molecule has 0 aliphatic heterocycles. The summed E-state index contributed by atoms with van der Waals surface area (Å²) in [5.41, 5.74) is 5.53. The van der Waals surface area contributed by atoms with Crippen LogP contribution in [0, 0.1) is 5.92 Å². The molecule has 1 atom stereocenters. The number of hydrogen-bond donors (Lipinski definition) is 1. The smallest absolute Gasteiger partial charge is 0.310 e. The van der Waals surface area contributed by atoms with Crippen LogP contribution in [-0.2, 0) is 9.53 Å². The maximum Gasteiger partial charge on any atom is 0.310 e. The van der Waals surface area contributed by atoms with Crippen molar-refractivity contribution in [1.82, 2.24) is 0 Å². The Kier molecular flexibility index (Phi) is 10.5. The predicted octanol–water partition coefficient (Wildman–Crippen LogP) is 2.88. The molecule has 3 heteroatoms. The second-order valence-electron chi connectivity index (χ2n) is 4.30. The zero-order valence-electron chi connectivity index (χ0n) is 10.8. The summed E-state index contributed by atoms with van der Waals surface area (Å²) in [5.74, 6) is -0.208. The first kappa shape index (κ1) is 15.4. The van der Waals surface area contributed by atoms with Gasteiger partial charge in [-0.2, -0.15) is 0 Å². The lowest BCUT2D eigenvalue weighted by Crippen LogP contribution is -2.25. The Morgan fingerprint density at radius 2 is 1.81 bits per heavy atom. The number of ether oxygens (including phenoxy) is 1. The summed E-state index contributed by atoms with van der Waals surface area (Å²) in [7, 11) is 0. The maximum absolute atomic E-state index is 11.6. The van der Waals surface area contributed by atoms with Gasteiger partial charge in [0.2, 0.25) is 0 Å². The van der Waals surface area contributed by atoms with Gasteiger partial charge in [-0.25, -0.2) is 0 Å². The van der Waals surface area contributed by atoms with Crippen LogP contribution in [0.1, 0.15) is 58.8 Å². The monoisotopic (exact) mass is 229 g/mol. The van der Waals surface area contributed by atoms with E-state index in [2.05, 4.69) is 13.8 Å². The van der Waals surface area contributed by atoms with Gasteiger partial charge in [0.25, 0.3) is 0 Å². The summed E-state index contributed by atoms with van der Waals surface area (Å²) in [6, 6.07) is 0. The Hall–Kier alpha value is -0.570. The predicted molar refractivity (Wildman–Crippen MR) is 67.2 cm³/mol. The number of carbonyl (C=O) groups excluding carboxylic acids is 1. The van der Waals surface area contributed by atoms with Gasteiger partial charge in [-0.15, -0.1) is 0 Å². The number of rotatable bonds is 10. The van der Waals surface area contributed by atoms with Crippen LogP contribution in [0.2, 0.25) is 0 Å². The van der Waals surface area contributed by atoms with Gasteiger partial charge in [-0.05, 0) is 12.8 Å². The molecule has 0 spiro atoms. The Morgan fingerprint density at radius 3 is 2.38 bits per heavy atom. The molecule has 96 valence electrons. The summed E-state index contributed by atoms with van der Waals surface area (Å²) in [6.07, 6.45) is 7.71. The summed E-state index contributed by atoms with van der Waals surface area (Å²) in [6.45, 7) is 5.21. The molecule has 0 aliphatic carbocycles. The van der Waals surface area contributed by atoms with Crippen LogP contribution in [0.4, 0.5) is 0 Å². The standard InChI is InChI=1S/C13H27NO2/c1-3-5-6-7-8-10-16-13(15)12(11-14)9-4-2/h12H,3-11,14H2,1-2H3. The van der Waals surface area contributed by atoms with Crippen molar-refractivity contribution in [2.75, 3.05) is 13.2 Å². The van der Waals surface area contributed by atoms with Crippen molar-refractivity contribution in [3.8, 4) is 0 Å². The highest BCUT2D eigenvalue weighted by molar-refractivity contribution is 5.72. The molecular weight excluding hydrogens is 202 g/mol. The summed E-state index contributed by atoms with van der Waals surface area (Å²) >= 11 is 0. The highest BCUT2D eigenvalue weighted by Gasteiger charge is 2.16. The van der Waals surface area contributed by atoms with Crippen LogP contribution < -0.4 is 5.73 Å². The van der Waals surface area contributed by atoms with Crippen LogP contribution in [0.5, 0.6) is 0 Å². The third kappa shape index (κ3) is 7.69. The summed E-state index contributed by atoms with van der Waals surface area (Å²) in [4.78, 5) is 11.6. The first-order valence-electron chi connectivity index (χ1n) is 6.62. The minimum Gasteiger partial charge on any atom is -0.465 e. The minimum atomic E-state index is -0.111. The normalized spacial score (nSPS) is 12.4. The van der Waals surface area contributed by atoms with Crippen LogP contribution in [0.15, 0.2) is 0 Å². The fourth-order valence-electron chi connectivity index (χ4n) is 1.68. The second kappa shape index (κ2) is 10.9. The zero-order chi connectivity index (χ0) is 12.2. The van der Waals surface area contributed by atoms with Crippen LogP contribution in [0.3, 0.4) is 0 Å². The number of esters is 1. The first-order valence-corrected chi connectivity index (χ1v) is 6.62. The van der Waals surface area contributed by atoms with Gasteiger partial charge < -0.3 is 10.5 Å². The van der Waals surface area contributed by atoms with Crippen molar-refractivity contribution in [3.63, 3.8) is 0 Å². The lowest BCUT2D eigenvalue weighted by molar-refractivity contribution is -0.148. The molecule has 0 aromatic carbocycles. The van der Waals surface area contributed by atoms with Gasteiger partial charge in [0.15, 0.2) is 0 Å². The fourth-order valence-corrected chi connectivity index (χ4v) is 1.68. The van der Waals surface area contributed by atoms with Crippen molar-refractivity contribution < 1.29 is 9.53 Å². The average molecular weight is 229 g/mol. The van der Waals surface area contributed by atoms with Crippen molar-refractivity contribution in [2.24, 2.45) is 11.7 Å². The van der Waals surface area contributed by atoms with Crippen LogP contribution in [0.25, 0.3) is 0 Å². The Bertz CT molecular complexity index is 171. The van der Waals surface area contributed by atoms with E-state index in [-0.39, 0.29) is 11.9 Å². The molecule has 0 aliphatic rings. The molecule has 0 saturated heterocycles.